The Labute approximate surface area is 253 Å². The Hall–Kier alpha value is -4.52. The molecule has 0 aliphatic rings. The predicted octanol–water partition coefficient (Wildman–Crippen LogP) is 5.64. The van der Waals surface area contributed by atoms with Crippen LogP contribution in [0.4, 0.5) is 10.0 Å². The van der Waals surface area contributed by atoms with Gasteiger partial charge in [-0.3, -0.25) is 19.2 Å². The highest BCUT2D eigenvalue weighted by molar-refractivity contribution is 7.19. The maximum Gasteiger partial charge on any atom is 0.264 e. The molecule has 2 N–H and O–H groups in total. The summed E-state index contributed by atoms with van der Waals surface area (Å²) in [6, 6.07) is 10.1. The molecule has 2 heterocycles. The monoisotopic (exact) mass is 604 g/mol. The van der Waals surface area contributed by atoms with Gasteiger partial charge in [-0.25, -0.2) is 0 Å². The van der Waals surface area contributed by atoms with Gasteiger partial charge in [0.15, 0.2) is 0 Å². The minimum absolute atomic E-state index is 0.162. The van der Waals surface area contributed by atoms with Crippen molar-refractivity contribution in [1.82, 2.24) is 9.80 Å². The highest BCUT2D eigenvalue weighted by Gasteiger charge is 2.26. The number of hydrogen-bond donors (Lipinski definition) is 2. The van der Waals surface area contributed by atoms with Crippen molar-refractivity contribution in [2.75, 3.05) is 36.8 Å². The van der Waals surface area contributed by atoms with Crippen LogP contribution in [0.3, 0.4) is 0 Å². The Balaban J connectivity index is 1.86. The normalized spacial score (nSPS) is 10.4. The van der Waals surface area contributed by atoms with Gasteiger partial charge in [0.25, 0.3) is 23.6 Å². The lowest BCUT2D eigenvalue weighted by Crippen LogP contribution is -2.30. The summed E-state index contributed by atoms with van der Waals surface area (Å²) in [7, 11) is 0. The van der Waals surface area contributed by atoms with Crippen molar-refractivity contribution >= 4 is 56.3 Å². The van der Waals surface area contributed by atoms with Crippen LogP contribution >= 0.6 is 22.7 Å². The molecule has 0 atom stereocenters. The summed E-state index contributed by atoms with van der Waals surface area (Å²) in [6.45, 7) is 12.9. The molecule has 218 valence electrons. The molecule has 0 spiro atoms. The van der Waals surface area contributed by atoms with Gasteiger partial charge in [-0.1, -0.05) is 6.07 Å². The molecule has 3 rings (SSSR count). The fourth-order valence-corrected chi connectivity index (χ4v) is 6.58. The molecule has 10 nitrogen and oxygen atoms in total. The molecule has 0 fully saturated rings. The van der Waals surface area contributed by atoms with E-state index in [1.54, 1.807) is 29.7 Å². The zero-order valence-electron chi connectivity index (χ0n) is 24.4. The Morgan fingerprint density at radius 3 is 1.38 bits per heavy atom. The van der Waals surface area contributed by atoms with Crippen LogP contribution < -0.4 is 10.6 Å². The van der Waals surface area contributed by atoms with E-state index in [0.29, 0.717) is 47.1 Å². The van der Waals surface area contributed by atoms with Crippen LogP contribution in [0.2, 0.25) is 0 Å². The van der Waals surface area contributed by atoms with Crippen molar-refractivity contribution in [3.05, 3.63) is 67.4 Å². The van der Waals surface area contributed by atoms with Gasteiger partial charge in [0.1, 0.15) is 22.1 Å². The number of benzene rings is 1. The van der Waals surface area contributed by atoms with E-state index >= 15 is 0 Å². The first-order valence-corrected chi connectivity index (χ1v) is 15.1. The maximum atomic E-state index is 13.2. The van der Waals surface area contributed by atoms with Crippen molar-refractivity contribution in [3.63, 3.8) is 0 Å². The Morgan fingerprint density at radius 1 is 0.714 bits per heavy atom. The summed E-state index contributed by atoms with van der Waals surface area (Å²) in [5.41, 5.74) is 1.75. The van der Waals surface area contributed by atoms with E-state index in [4.69, 9.17) is 0 Å². The lowest BCUT2D eigenvalue weighted by Gasteiger charge is -2.17. The van der Waals surface area contributed by atoms with Gasteiger partial charge >= 0.3 is 0 Å². The smallest absolute Gasteiger partial charge is 0.264 e. The summed E-state index contributed by atoms with van der Waals surface area (Å²) < 4.78 is 0. The SMILES string of the molecule is CCN(CC)C(=O)c1sc(NC(=O)c2cccc(C(=O)Nc3sc(C(=O)N(CC)CC)c(C)c3C#N)c2)c(C#N)c1C. The van der Waals surface area contributed by atoms with Crippen LogP contribution in [0.1, 0.15) is 90.0 Å². The van der Waals surface area contributed by atoms with E-state index in [0.717, 1.165) is 22.7 Å². The third kappa shape index (κ3) is 6.35. The molecule has 3 aromatic rings. The molecule has 4 amide bonds. The van der Waals surface area contributed by atoms with Gasteiger partial charge in [0.05, 0.1) is 20.9 Å². The summed E-state index contributed by atoms with van der Waals surface area (Å²) in [5, 5.41) is 25.4. The molecule has 12 heteroatoms. The van der Waals surface area contributed by atoms with Gasteiger partial charge in [0, 0.05) is 37.3 Å². The zero-order valence-corrected chi connectivity index (χ0v) is 26.0. The summed E-state index contributed by atoms with van der Waals surface area (Å²) in [4.78, 5) is 56.3. The predicted molar refractivity (Wildman–Crippen MR) is 164 cm³/mol. The number of nitriles is 2. The van der Waals surface area contributed by atoms with Gasteiger partial charge in [-0.15, -0.1) is 22.7 Å². The Bertz CT molecular complexity index is 1500. The van der Waals surface area contributed by atoms with Gasteiger partial charge < -0.3 is 20.4 Å². The van der Waals surface area contributed by atoms with E-state index in [1.165, 1.54) is 18.2 Å². The lowest BCUT2D eigenvalue weighted by atomic mass is 10.1. The Kier molecular flexibility index (Phi) is 10.6. The maximum absolute atomic E-state index is 13.2. The summed E-state index contributed by atoms with van der Waals surface area (Å²) in [6.07, 6.45) is 0. The molecule has 0 radical (unpaired) electrons. The molecule has 0 aliphatic carbocycles. The van der Waals surface area contributed by atoms with E-state index < -0.39 is 11.8 Å². The van der Waals surface area contributed by atoms with Crippen molar-refractivity contribution in [3.8, 4) is 12.1 Å². The number of carbonyl (C=O) groups excluding carboxylic acids is 4. The second kappa shape index (κ2) is 13.9. The van der Waals surface area contributed by atoms with Gasteiger partial charge in [0.2, 0.25) is 0 Å². The number of anilines is 2. The molecular weight excluding hydrogens is 573 g/mol. The second-order valence-electron chi connectivity index (χ2n) is 9.19. The van der Waals surface area contributed by atoms with Crippen LogP contribution in [0.25, 0.3) is 0 Å². The van der Waals surface area contributed by atoms with Crippen LogP contribution in [0, 0.1) is 36.5 Å². The standard InChI is InChI=1S/C30H32N6O4S2/c1-7-35(8-2)29(39)23-17(5)21(15-31)27(41-23)33-25(37)19-12-11-13-20(14-19)26(38)34-28-22(16-32)18(6)24(42-28)30(40)36(9-3)10-4/h11-14H,7-10H2,1-6H3,(H,33,37)(H,34,38). The number of nitrogens with zero attached hydrogens (tertiary/aromatic N) is 4. The van der Waals surface area contributed by atoms with Crippen molar-refractivity contribution in [2.45, 2.75) is 41.5 Å². The van der Waals surface area contributed by atoms with E-state index in [1.807, 2.05) is 27.7 Å². The van der Waals surface area contributed by atoms with Gasteiger partial charge in [-0.2, -0.15) is 10.5 Å². The van der Waals surface area contributed by atoms with E-state index in [2.05, 4.69) is 22.8 Å². The van der Waals surface area contributed by atoms with Crippen molar-refractivity contribution in [1.29, 1.82) is 10.5 Å². The number of rotatable bonds is 10. The summed E-state index contributed by atoms with van der Waals surface area (Å²) >= 11 is 2.09. The highest BCUT2D eigenvalue weighted by Crippen LogP contribution is 2.35. The van der Waals surface area contributed by atoms with Gasteiger partial charge in [-0.05, 0) is 70.9 Å². The topological polar surface area (TPSA) is 146 Å². The lowest BCUT2D eigenvalue weighted by molar-refractivity contribution is 0.0769. The minimum Gasteiger partial charge on any atom is -0.338 e. The zero-order chi connectivity index (χ0) is 31.1. The number of thiophene rings is 2. The highest BCUT2D eigenvalue weighted by atomic mass is 32.1. The first kappa shape index (κ1) is 32.0. The van der Waals surface area contributed by atoms with E-state index in [-0.39, 0.29) is 44.1 Å². The number of amides is 4. The molecule has 0 saturated carbocycles. The molecule has 0 aliphatic heterocycles. The number of hydrogen-bond acceptors (Lipinski definition) is 8. The van der Waals surface area contributed by atoms with Crippen LogP contribution in [-0.4, -0.2) is 59.6 Å². The third-order valence-corrected chi connectivity index (χ3v) is 9.24. The molecule has 0 bridgehead atoms. The van der Waals surface area contributed by atoms with Crippen molar-refractivity contribution < 1.29 is 19.2 Å². The van der Waals surface area contributed by atoms with Crippen LogP contribution in [0.5, 0.6) is 0 Å². The summed E-state index contributed by atoms with van der Waals surface area (Å²) in [5.74, 6) is -1.52. The molecule has 1 aromatic carbocycles. The first-order chi connectivity index (χ1) is 20.1. The molecule has 42 heavy (non-hydrogen) atoms. The molecule has 0 unspecified atom stereocenters. The number of carbonyl (C=O) groups is 4. The molecule has 2 aromatic heterocycles. The fraction of sp³-hybridized carbons (Fsp3) is 0.333. The quantitative estimate of drug-likeness (QED) is 0.306. The Morgan fingerprint density at radius 2 is 1.07 bits per heavy atom. The second-order valence-corrected chi connectivity index (χ2v) is 11.2. The van der Waals surface area contributed by atoms with Crippen LogP contribution in [0.15, 0.2) is 24.3 Å². The number of nitrogens with one attached hydrogen (secondary N) is 2. The van der Waals surface area contributed by atoms with Crippen LogP contribution in [-0.2, 0) is 0 Å². The fourth-order valence-electron chi connectivity index (χ4n) is 4.34. The first-order valence-electron chi connectivity index (χ1n) is 13.4. The average molecular weight is 605 g/mol. The largest absolute Gasteiger partial charge is 0.338 e. The average Bonchev–Trinajstić information content (AvgIpc) is 3.48. The minimum atomic E-state index is -0.555. The molecule has 0 saturated heterocycles. The van der Waals surface area contributed by atoms with Crippen molar-refractivity contribution in [2.24, 2.45) is 0 Å². The van der Waals surface area contributed by atoms with E-state index in [9.17, 15) is 29.7 Å². The molecular formula is C30H32N6O4S2. The third-order valence-electron chi connectivity index (χ3n) is 6.85.